The van der Waals surface area contributed by atoms with E-state index >= 15 is 0 Å². The van der Waals surface area contributed by atoms with Crippen LogP contribution >= 0.6 is 0 Å². The minimum atomic E-state index is -0.327. The Bertz CT molecular complexity index is 661. The number of rotatable bonds is 6. The first kappa shape index (κ1) is 16.7. The Morgan fingerprint density at radius 3 is 2.39 bits per heavy atom. The van der Waals surface area contributed by atoms with Crippen LogP contribution in [-0.4, -0.2) is 30.8 Å². The molecule has 0 N–H and O–H groups in total. The number of esters is 1. The van der Waals surface area contributed by atoms with E-state index in [-0.39, 0.29) is 12.6 Å². The molecule has 0 bridgehead atoms. The molecular weight excluding hydrogens is 288 g/mol. The third kappa shape index (κ3) is 5.25. The van der Waals surface area contributed by atoms with Crippen molar-refractivity contribution in [3.8, 4) is 0 Å². The minimum Gasteiger partial charge on any atom is -0.457 e. The number of carbonyl (C=O) groups is 1. The summed E-state index contributed by atoms with van der Waals surface area (Å²) >= 11 is 0. The molecule has 23 heavy (non-hydrogen) atoms. The first-order chi connectivity index (χ1) is 11.1. The van der Waals surface area contributed by atoms with Crippen molar-refractivity contribution < 1.29 is 9.53 Å². The zero-order chi connectivity index (χ0) is 16.7. The third-order valence-electron chi connectivity index (χ3n) is 3.50. The number of aryl methyl sites for hydroxylation is 1. The van der Waals surface area contributed by atoms with Crippen molar-refractivity contribution in [2.45, 2.75) is 20.5 Å². The molecule has 2 rings (SSSR count). The smallest absolute Gasteiger partial charge is 0.338 e. The van der Waals surface area contributed by atoms with Gasteiger partial charge in [-0.1, -0.05) is 29.8 Å². The Balaban J connectivity index is 1.92. The summed E-state index contributed by atoms with van der Waals surface area (Å²) in [5.41, 5.74) is 3.50. The Morgan fingerprint density at radius 1 is 1.13 bits per heavy atom. The average Bonchev–Trinajstić information content (AvgIpc) is 2.59. The van der Waals surface area contributed by atoms with Crippen molar-refractivity contribution in [1.82, 2.24) is 4.90 Å². The first-order valence-corrected chi connectivity index (χ1v) is 7.65. The van der Waals surface area contributed by atoms with Gasteiger partial charge in [-0.25, -0.2) is 9.79 Å². The van der Waals surface area contributed by atoms with Crippen LogP contribution in [-0.2, 0) is 11.3 Å². The summed E-state index contributed by atoms with van der Waals surface area (Å²) in [5.74, 6) is -0.327. The molecule has 2 aromatic rings. The highest BCUT2D eigenvalue weighted by atomic mass is 16.5. The van der Waals surface area contributed by atoms with Gasteiger partial charge in [0.2, 0.25) is 0 Å². The molecule has 0 aliphatic heterocycles. The van der Waals surface area contributed by atoms with E-state index in [0.717, 1.165) is 17.8 Å². The van der Waals surface area contributed by atoms with Gasteiger partial charge in [-0.05, 0) is 43.7 Å². The molecule has 0 radical (unpaired) electrons. The lowest BCUT2D eigenvalue weighted by Crippen LogP contribution is -2.14. The fourth-order valence-corrected chi connectivity index (χ4v) is 1.85. The van der Waals surface area contributed by atoms with Crippen LogP contribution < -0.4 is 0 Å². The number of aliphatic imine (C=N–C) groups is 1. The van der Waals surface area contributed by atoms with Gasteiger partial charge in [-0.15, -0.1) is 0 Å². The summed E-state index contributed by atoms with van der Waals surface area (Å²) in [6.07, 6.45) is 1.77. The lowest BCUT2D eigenvalue weighted by atomic mass is 10.2. The topological polar surface area (TPSA) is 41.9 Å². The molecule has 0 fully saturated rings. The van der Waals surface area contributed by atoms with Crippen molar-refractivity contribution >= 4 is 18.0 Å². The zero-order valence-electron chi connectivity index (χ0n) is 13.8. The molecule has 0 aromatic heterocycles. The maximum atomic E-state index is 12.0. The molecule has 120 valence electrons. The van der Waals surface area contributed by atoms with E-state index in [4.69, 9.17) is 4.74 Å². The molecule has 2 aromatic carbocycles. The maximum absolute atomic E-state index is 12.0. The Labute approximate surface area is 137 Å². The second-order valence-electron chi connectivity index (χ2n) is 5.43. The molecule has 0 spiro atoms. The fourth-order valence-electron chi connectivity index (χ4n) is 1.85. The van der Waals surface area contributed by atoms with Crippen LogP contribution in [0.2, 0.25) is 0 Å². The van der Waals surface area contributed by atoms with Gasteiger partial charge in [0.25, 0.3) is 0 Å². The molecule has 4 heteroatoms. The van der Waals surface area contributed by atoms with Gasteiger partial charge < -0.3 is 9.64 Å². The third-order valence-corrected chi connectivity index (χ3v) is 3.50. The van der Waals surface area contributed by atoms with E-state index in [1.54, 1.807) is 18.5 Å². The first-order valence-electron chi connectivity index (χ1n) is 7.65. The van der Waals surface area contributed by atoms with Crippen LogP contribution in [0.4, 0.5) is 5.69 Å². The van der Waals surface area contributed by atoms with Crippen molar-refractivity contribution in [2.24, 2.45) is 4.99 Å². The van der Waals surface area contributed by atoms with Gasteiger partial charge in [0.05, 0.1) is 17.6 Å². The number of ether oxygens (including phenoxy) is 1. The Morgan fingerprint density at radius 2 is 1.78 bits per heavy atom. The lowest BCUT2D eigenvalue weighted by molar-refractivity contribution is 0.0473. The van der Waals surface area contributed by atoms with Crippen LogP contribution in [0, 0.1) is 6.92 Å². The Hall–Kier alpha value is -2.62. The maximum Gasteiger partial charge on any atom is 0.338 e. The SMILES string of the molecule is CCN(C)C=Nc1ccc(C(=O)OCc2ccc(C)cc2)cc1. The number of nitrogens with zero attached hydrogens (tertiary/aromatic N) is 2. The quantitative estimate of drug-likeness (QED) is 0.461. The molecule has 0 saturated carbocycles. The number of hydrogen-bond acceptors (Lipinski definition) is 3. The highest BCUT2D eigenvalue weighted by Gasteiger charge is 2.07. The van der Waals surface area contributed by atoms with Gasteiger partial charge in [-0.2, -0.15) is 0 Å². The molecule has 4 nitrogen and oxygen atoms in total. The monoisotopic (exact) mass is 310 g/mol. The van der Waals surface area contributed by atoms with E-state index < -0.39 is 0 Å². The van der Waals surface area contributed by atoms with E-state index in [1.165, 1.54) is 5.56 Å². The zero-order valence-corrected chi connectivity index (χ0v) is 13.8. The van der Waals surface area contributed by atoms with Crippen molar-refractivity contribution in [1.29, 1.82) is 0 Å². The summed E-state index contributed by atoms with van der Waals surface area (Å²) in [7, 11) is 1.96. The van der Waals surface area contributed by atoms with Crippen LogP contribution in [0.3, 0.4) is 0 Å². The van der Waals surface area contributed by atoms with Gasteiger partial charge in [-0.3, -0.25) is 0 Å². The van der Waals surface area contributed by atoms with E-state index in [2.05, 4.69) is 11.9 Å². The number of benzene rings is 2. The summed E-state index contributed by atoms with van der Waals surface area (Å²) in [6, 6.07) is 15.0. The second-order valence-corrected chi connectivity index (χ2v) is 5.43. The summed E-state index contributed by atoms with van der Waals surface area (Å²) in [4.78, 5) is 18.3. The van der Waals surface area contributed by atoms with Gasteiger partial charge in [0.1, 0.15) is 6.61 Å². The highest BCUT2D eigenvalue weighted by molar-refractivity contribution is 5.89. The summed E-state index contributed by atoms with van der Waals surface area (Å²) in [6.45, 7) is 5.25. The summed E-state index contributed by atoms with van der Waals surface area (Å²) < 4.78 is 5.32. The van der Waals surface area contributed by atoms with Crippen molar-refractivity contribution in [3.63, 3.8) is 0 Å². The summed E-state index contributed by atoms with van der Waals surface area (Å²) in [5, 5.41) is 0. The molecule has 0 heterocycles. The van der Waals surface area contributed by atoms with Crippen LogP contribution in [0.15, 0.2) is 53.5 Å². The minimum absolute atomic E-state index is 0.278. The number of carbonyl (C=O) groups excluding carboxylic acids is 1. The Kier molecular flexibility index (Phi) is 5.92. The van der Waals surface area contributed by atoms with E-state index in [1.807, 2.05) is 55.3 Å². The second kappa shape index (κ2) is 8.13. The predicted octanol–water partition coefficient (Wildman–Crippen LogP) is 3.96. The normalized spacial score (nSPS) is 10.7. The predicted molar refractivity (Wildman–Crippen MR) is 93.2 cm³/mol. The van der Waals surface area contributed by atoms with Crippen LogP contribution in [0.1, 0.15) is 28.4 Å². The lowest BCUT2D eigenvalue weighted by Gasteiger charge is -2.08. The van der Waals surface area contributed by atoms with E-state index in [0.29, 0.717) is 5.56 Å². The number of hydrogen-bond donors (Lipinski definition) is 0. The van der Waals surface area contributed by atoms with Gasteiger partial charge in [0.15, 0.2) is 0 Å². The fraction of sp³-hybridized carbons (Fsp3) is 0.263. The molecule has 0 aliphatic rings. The largest absolute Gasteiger partial charge is 0.457 e. The van der Waals surface area contributed by atoms with Crippen molar-refractivity contribution in [3.05, 3.63) is 65.2 Å². The van der Waals surface area contributed by atoms with Crippen molar-refractivity contribution in [2.75, 3.05) is 13.6 Å². The van der Waals surface area contributed by atoms with Gasteiger partial charge in [0, 0.05) is 13.6 Å². The molecule has 0 aliphatic carbocycles. The average molecular weight is 310 g/mol. The highest BCUT2D eigenvalue weighted by Crippen LogP contribution is 2.14. The molecule has 0 atom stereocenters. The molecular formula is C19H22N2O2. The van der Waals surface area contributed by atoms with E-state index in [9.17, 15) is 4.79 Å². The van der Waals surface area contributed by atoms with Gasteiger partial charge >= 0.3 is 5.97 Å². The van der Waals surface area contributed by atoms with Crippen LogP contribution in [0.5, 0.6) is 0 Å². The standard InChI is InChI=1S/C19H22N2O2/c1-4-21(3)14-20-18-11-9-17(10-12-18)19(22)23-13-16-7-5-15(2)6-8-16/h5-12,14H,4,13H2,1-3H3. The molecule has 0 saturated heterocycles. The molecule has 0 unspecified atom stereocenters. The van der Waals surface area contributed by atoms with Crippen LogP contribution in [0.25, 0.3) is 0 Å². The molecule has 0 amide bonds.